The van der Waals surface area contributed by atoms with Crippen LogP contribution in [0.1, 0.15) is 12.5 Å². The monoisotopic (exact) mass is 311 g/mol. The number of nitrogens with one attached hydrogen (secondary N) is 1. The quantitative estimate of drug-likeness (QED) is 0.815. The first-order valence-corrected chi connectivity index (χ1v) is 7.93. The minimum atomic E-state index is 0.493. The van der Waals surface area contributed by atoms with Gasteiger partial charge in [-0.25, -0.2) is 0 Å². The summed E-state index contributed by atoms with van der Waals surface area (Å²) in [4.78, 5) is 4.77. The fraction of sp³-hybridized carbons (Fsp3) is 0.625. The van der Waals surface area contributed by atoms with Gasteiger partial charge in [-0.3, -0.25) is 0 Å². The van der Waals surface area contributed by atoms with Gasteiger partial charge in [-0.15, -0.1) is 0 Å². The fourth-order valence-electron chi connectivity index (χ4n) is 2.80. The molecule has 1 fully saturated rings. The number of likely N-dealkylation sites (N-methyl/N-ethyl adjacent to an activating group) is 1. The number of hydrogen-bond acceptors (Lipinski definition) is 4. The van der Waals surface area contributed by atoms with Gasteiger partial charge in [0.2, 0.25) is 0 Å². The Morgan fingerprint density at radius 1 is 1.38 bits per heavy atom. The lowest BCUT2D eigenvalue weighted by atomic mass is 10.1. The highest BCUT2D eigenvalue weighted by molar-refractivity contribution is 6.33. The van der Waals surface area contributed by atoms with Crippen LogP contribution < -0.4 is 10.2 Å². The van der Waals surface area contributed by atoms with Gasteiger partial charge in [0.15, 0.2) is 0 Å². The number of halogens is 1. The van der Waals surface area contributed by atoms with Gasteiger partial charge in [0.05, 0.1) is 17.3 Å². The van der Waals surface area contributed by atoms with E-state index in [1.165, 1.54) is 5.56 Å². The fourth-order valence-corrected chi connectivity index (χ4v) is 3.11. The number of methoxy groups -OCH3 is 1. The maximum Gasteiger partial charge on any atom is 0.0642 e. The summed E-state index contributed by atoms with van der Waals surface area (Å²) >= 11 is 6.50. The molecule has 21 heavy (non-hydrogen) atoms. The largest absolute Gasteiger partial charge is 0.383 e. The van der Waals surface area contributed by atoms with Crippen LogP contribution in [0.25, 0.3) is 0 Å². The second-order valence-electron chi connectivity index (χ2n) is 5.76. The van der Waals surface area contributed by atoms with Crippen molar-refractivity contribution in [3.63, 3.8) is 0 Å². The van der Waals surface area contributed by atoms with Crippen molar-refractivity contribution in [3.05, 3.63) is 28.8 Å². The summed E-state index contributed by atoms with van der Waals surface area (Å²) in [6, 6.07) is 6.87. The summed E-state index contributed by atoms with van der Waals surface area (Å²) in [6.45, 7) is 7.85. The SMILES string of the molecule is COCCNCc1ccc(N2CCN(C)CC2C)c(Cl)c1. The van der Waals surface area contributed by atoms with Crippen molar-refractivity contribution in [1.82, 2.24) is 10.2 Å². The van der Waals surface area contributed by atoms with E-state index in [2.05, 4.69) is 47.3 Å². The first-order valence-electron chi connectivity index (χ1n) is 7.55. The molecule has 1 heterocycles. The Balaban J connectivity index is 1.98. The van der Waals surface area contributed by atoms with Crippen molar-refractivity contribution in [1.29, 1.82) is 0 Å². The Labute approximate surface area is 133 Å². The van der Waals surface area contributed by atoms with E-state index in [0.717, 1.165) is 50.0 Å². The Morgan fingerprint density at radius 2 is 2.19 bits per heavy atom. The van der Waals surface area contributed by atoms with Gasteiger partial charge in [0.25, 0.3) is 0 Å². The van der Waals surface area contributed by atoms with E-state index in [-0.39, 0.29) is 0 Å². The number of piperazine rings is 1. The third-order valence-corrected chi connectivity index (χ3v) is 4.27. The molecule has 0 saturated carbocycles. The number of nitrogens with zero attached hydrogens (tertiary/aromatic N) is 2. The highest BCUT2D eigenvalue weighted by Crippen LogP contribution is 2.29. The minimum Gasteiger partial charge on any atom is -0.383 e. The van der Waals surface area contributed by atoms with Gasteiger partial charge >= 0.3 is 0 Å². The molecule has 1 aromatic rings. The lowest BCUT2D eigenvalue weighted by Gasteiger charge is -2.40. The zero-order valence-electron chi connectivity index (χ0n) is 13.2. The second-order valence-corrected chi connectivity index (χ2v) is 6.17. The lowest BCUT2D eigenvalue weighted by Crippen LogP contribution is -2.50. The molecule has 0 aliphatic carbocycles. The molecular weight excluding hydrogens is 286 g/mol. The molecule has 0 bridgehead atoms. The predicted octanol–water partition coefficient (Wildman–Crippen LogP) is 2.22. The van der Waals surface area contributed by atoms with Gasteiger partial charge in [0, 0.05) is 45.9 Å². The molecule has 1 unspecified atom stereocenters. The number of benzene rings is 1. The number of anilines is 1. The highest BCUT2D eigenvalue weighted by Gasteiger charge is 2.23. The lowest BCUT2D eigenvalue weighted by molar-refractivity contribution is 0.199. The molecule has 5 heteroatoms. The van der Waals surface area contributed by atoms with Gasteiger partial charge in [-0.2, -0.15) is 0 Å². The van der Waals surface area contributed by atoms with E-state index in [4.69, 9.17) is 16.3 Å². The maximum atomic E-state index is 6.50. The van der Waals surface area contributed by atoms with Crippen molar-refractivity contribution in [2.24, 2.45) is 0 Å². The van der Waals surface area contributed by atoms with E-state index >= 15 is 0 Å². The van der Waals surface area contributed by atoms with Crippen molar-refractivity contribution in [3.8, 4) is 0 Å². The van der Waals surface area contributed by atoms with E-state index in [0.29, 0.717) is 6.04 Å². The first kappa shape index (κ1) is 16.6. The molecule has 1 atom stereocenters. The third-order valence-electron chi connectivity index (χ3n) is 3.96. The van der Waals surface area contributed by atoms with Crippen LogP contribution in [-0.4, -0.2) is 57.9 Å². The van der Waals surface area contributed by atoms with Crippen molar-refractivity contribution in [2.75, 3.05) is 51.8 Å². The standard InChI is InChI=1S/C16H26ClN3O/c1-13-12-19(2)7-8-20(13)16-5-4-14(10-15(16)17)11-18-6-9-21-3/h4-5,10,13,18H,6-9,11-12H2,1-3H3. The minimum absolute atomic E-state index is 0.493. The molecule has 1 saturated heterocycles. The summed E-state index contributed by atoms with van der Waals surface area (Å²) in [5.74, 6) is 0. The van der Waals surface area contributed by atoms with Crippen LogP contribution in [0, 0.1) is 0 Å². The summed E-state index contributed by atoms with van der Waals surface area (Å²) in [5.41, 5.74) is 2.36. The average molecular weight is 312 g/mol. The Bertz CT molecular complexity index is 455. The van der Waals surface area contributed by atoms with Crippen LogP contribution in [-0.2, 0) is 11.3 Å². The zero-order chi connectivity index (χ0) is 15.2. The van der Waals surface area contributed by atoms with E-state index in [1.54, 1.807) is 7.11 Å². The normalized spacial score (nSPS) is 20.0. The molecule has 0 radical (unpaired) electrons. The van der Waals surface area contributed by atoms with Crippen molar-refractivity contribution in [2.45, 2.75) is 19.5 Å². The molecule has 0 spiro atoms. The van der Waals surface area contributed by atoms with E-state index in [1.807, 2.05) is 0 Å². The molecule has 2 rings (SSSR count). The van der Waals surface area contributed by atoms with Crippen molar-refractivity contribution >= 4 is 17.3 Å². The van der Waals surface area contributed by atoms with Crippen LogP contribution >= 0.6 is 11.6 Å². The van der Waals surface area contributed by atoms with Gasteiger partial charge in [0.1, 0.15) is 0 Å². The van der Waals surface area contributed by atoms with Crippen LogP contribution in [0.15, 0.2) is 18.2 Å². The molecule has 1 aliphatic heterocycles. The molecule has 1 N–H and O–H groups in total. The van der Waals surface area contributed by atoms with Crippen LogP contribution in [0.4, 0.5) is 5.69 Å². The van der Waals surface area contributed by atoms with Gasteiger partial charge in [-0.1, -0.05) is 17.7 Å². The number of rotatable bonds is 6. The number of ether oxygens (including phenoxy) is 1. The summed E-state index contributed by atoms with van der Waals surface area (Å²) in [7, 11) is 3.88. The smallest absolute Gasteiger partial charge is 0.0642 e. The van der Waals surface area contributed by atoms with Gasteiger partial charge < -0.3 is 19.9 Å². The van der Waals surface area contributed by atoms with Gasteiger partial charge in [-0.05, 0) is 31.7 Å². The molecule has 1 aromatic carbocycles. The Kier molecular flexibility index (Phi) is 6.30. The predicted molar refractivity (Wildman–Crippen MR) is 89.3 cm³/mol. The van der Waals surface area contributed by atoms with Crippen LogP contribution in [0.3, 0.4) is 0 Å². The molecule has 1 aliphatic rings. The summed E-state index contributed by atoms with van der Waals surface area (Å²) in [5, 5.41) is 4.18. The Morgan fingerprint density at radius 3 is 2.86 bits per heavy atom. The average Bonchev–Trinajstić information content (AvgIpc) is 2.45. The maximum absolute atomic E-state index is 6.50. The van der Waals surface area contributed by atoms with Crippen LogP contribution in [0.2, 0.25) is 5.02 Å². The number of hydrogen-bond donors (Lipinski definition) is 1. The molecular formula is C16H26ClN3O. The van der Waals surface area contributed by atoms with Crippen molar-refractivity contribution < 1.29 is 4.74 Å². The summed E-state index contributed by atoms with van der Waals surface area (Å²) in [6.07, 6.45) is 0. The molecule has 118 valence electrons. The molecule has 0 amide bonds. The van der Waals surface area contributed by atoms with E-state index < -0.39 is 0 Å². The van der Waals surface area contributed by atoms with Crippen LogP contribution in [0.5, 0.6) is 0 Å². The molecule has 0 aromatic heterocycles. The Hall–Kier alpha value is -0.810. The zero-order valence-corrected chi connectivity index (χ0v) is 14.0. The summed E-state index contributed by atoms with van der Waals surface area (Å²) < 4.78 is 5.02. The third kappa shape index (κ3) is 4.58. The highest BCUT2D eigenvalue weighted by atomic mass is 35.5. The topological polar surface area (TPSA) is 27.7 Å². The second kappa shape index (κ2) is 7.99. The molecule has 4 nitrogen and oxygen atoms in total. The van der Waals surface area contributed by atoms with E-state index in [9.17, 15) is 0 Å². The first-order chi connectivity index (χ1) is 10.1.